The molecule has 1 amide bonds. The Morgan fingerprint density at radius 3 is 2.23 bits per heavy atom. The van der Waals surface area contributed by atoms with E-state index in [1.165, 1.54) is 12.1 Å². The lowest BCUT2D eigenvalue weighted by Crippen LogP contribution is -2.44. The molecule has 6 heteroatoms. The lowest BCUT2D eigenvalue weighted by atomic mass is 9.92. The molecule has 0 aliphatic carbocycles. The number of amides is 1. The van der Waals surface area contributed by atoms with E-state index in [0.717, 1.165) is 18.6 Å². The van der Waals surface area contributed by atoms with E-state index in [4.69, 9.17) is 4.74 Å². The van der Waals surface area contributed by atoms with Crippen LogP contribution < -0.4 is 4.74 Å². The van der Waals surface area contributed by atoms with Crippen LogP contribution in [-0.4, -0.2) is 30.5 Å². The van der Waals surface area contributed by atoms with Crippen molar-refractivity contribution in [1.29, 1.82) is 0 Å². The standard InChI is InChI=1S/C16H20F3NO2/c1-11-7-12(2)9-20(8-11)15(21)10-22-14-5-3-13(4-6-14)16(17,18)19/h3-6,11-12H,7-10H2,1-2H3. The van der Waals surface area contributed by atoms with Crippen molar-refractivity contribution in [2.24, 2.45) is 11.8 Å². The number of carbonyl (C=O) groups excluding carboxylic acids is 1. The van der Waals surface area contributed by atoms with E-state index in [9.17, 15) is 18.0 Å². The number of hydrogen-bond donors (Lipinski definition) is 0. The van der Waals surface area contributed by atoms with Gasteiger partial charge in [-0.1, -0.05) is 13.8 Å². The van der Waals surface area contributed by atoms with Crippen molar-refractivity contribution in [3.05, 3.63) is 29.8 Å². The fraction of sp³-hybridized carbons (Fsp3) is 0.562. The van der Waals surface area contributed by atoms with Crippen LogP contribution in [0.2, 0.25) is 0 Å². The van der Waals surface area contributed by atoms with Gasteiger partial charge < -0.3 is 9.64 Å². The summed E-state index contributed by atoms with van der Waals surface area (Å²) in [5.74, 6) is 1.05. The number of halogens is 3. The van der Waals surface area contributed by atoms with Crippen LogP contribution >= 0.6 is 0 Å². The average molecular weight is 315 g/mol. The van der Waals surface area contributed by atoms with E-state index in [0.29, 0.717) is 24.9 Å². The van der Waals surface area contributed by atoms with Crippen LogP contribution in [0.15, 0.2) is 24.3 Å². The Morgan fingerprint density at radius 1 is 1.18 bits per heavy atom. The molecule has 2 rings (SSSR count). The number of piperidine rings is 1. The summed E-state index contributed by atoms with van der Waals surface area (Å²) in [6.07, 6.45) is -3.27. The lowest BCUT2D eigenvalue weighted by molar-refractivity contribution is -0.138. The fourth-order valence-corrected chi connectivity index (χ4v) is 2.84. The van der Waals surface area contributed by atoms with Gasteiger partial charge in [0.1, 0.15) is 5.75 Å². The molecule has 1 heterocycles. The Balaban J connectivity index is 1.88. The maximum atomic E-state index is 12.4. The summed E-state index contributed by atoms with van der Waals surface area (Å²) in [6, 6.07) is 4.37. The molecular formula is C16H20F3NO2. The van der Waals surface area contributed by atoms with E-state index in [2.05, 4.69) is 13.8 Å². The number of carbonyl (C=O) groups is 1. The van der Waals surface area contributed by atoms with Gasteiger partial charge in [-0.15, -0.1) is 0 Å². The number of likely N-dealkylation sites (tertiary alicyclic amines) is 1. The summed E-state index contributed by atoms with van der Waals surface area (Å²) in [4.78, 5) is 13.9. The van der Waals surface area contributed by atoms with Crippen LogP contribution in [0.3, 0.4) is 0 Å². The minimum Gasteiger partial charge on any atom is -0.484 e. The van der Waals surface area contributed by atoms with Crippen LogP contribution in [0.1, 0.15) is 25.8 Å². The number of hydrogen-bond acceptors (Lipinski definition) is 2. The number of alkyl halides is 3. The Labute approximate surface area is 128 Å². The van der Waals surface area contributed by atoms with Crippen molar-refractivity contribution in [2.45, 2.75) is 26.4 Å². The van der Waals surface area contributed by atoms with Crippen molar-refractivity contribution in [3.63, 3.8) is 0 Å². The summed E-state index contributed by atoms with van der Waals surface area (Å²) in [5, 5.41) is 0. The highest BCUT2D eigenvalue weighted by molar-refractivity contribution is 5.77. The third-order valence-corrected chi connectivity index (χ3v) is 3.77. The van der Waals surface area contributed by atoms with Crippen molar-refractivity contribution in [1.82, 2.24) is 4.90 Å². The topological polar surface area (TPSA) is 29.5 Å². The average Bonchev–Trinajstić information content (AvgIpc) is 2.43. The zero-order valence-corrected chi connectivity index (χ0v) is 12.7. The molecular weight excluding hydrogens is 295 g/mol. The molecule has 2 atom stereocenters. The zero-order valence-electron chi connectivity index (χ0n) is 12.7. The molecule has 1 aliphatic rings. The first-order valence-corrected chi connectivity index (χ1v) is 7.33. The van der Waals surface area contributed by atoms with Gasteiger partial charge in [0, 0.05) is 13.1 Å². The molecule has 122 valence electrons. The Kier molecular flexibility index (Phi) is 4.98. The Morgan fingerprint density at radius 2 is 1.73 bits per heavy atom. The molecule has 0 spiro atoms. The predicted molar refractivity (Wildman–Crippen MR) is 76.5 cm³/mol. The van der Waals surface area contributed by atoms with Crippen molar-refractivity contribution < 1.29 is 22.7 Å². The third-order valence-electron chi connectivity index (χ3n) is 3.77. The molecule has 22 heavy (non-hydrogen) atoms. The number of nitrogens with zero attached hydrogens (tertiary/aromatic N) is 1. The zero-order chi connectivity index (χ0) is 16.3. The first-order valence-electron chi connectivity index (χ1n) is 7.33. The van der Waals surface area contributed by atoms with Gasteiger partial charge in [-0.3, -0.25) is 4.79 Å². The molecule has 1 fully saturated rings. The molecule has 1 aromatic rings. The second-order valence-corrected chi connectivity index (χ2v) is 6.06. The van der Waals surface area contributed by atoms with Gasteiger partial charge in [0.2, 0.25) is 0 Å². The quantitative estimate of drug-likeness (QED) is 0.853. The largest absolute Gasteiger partial charge is 0.484 e. The molecule has 2 unspecified atom stereocenters. The van der Waals surface area contributed by atoms with Crippen LogP contribution in [-0.2, 0) is 11.0 Å². The van der Waals surface area contributed by atoms with Crippen LogP contribution in [0.25, 0.3) is 0 Å². The second kappa shape index (κ2) is 6.58. The molecule has 1 aromatic carbocycles. The van der Waals surface area contributed by atoms with Gasteiger partial charge in [-0.05, 0) is 42.5 Å². The van der Waals surface area contributed by atoms with Crippen molar-refractivity contribution >= 4 is 5.91 Å². The molecule has 0 N–H and O–H groups in total. The van der Waals surface area contributed by atoms with Crippen LogP contribution in [0.5, 0.6) is 5.75 Å². The van der Waals surface area contributed by atoms with E-state index < -0.39 is 11.7 Å². The maximum Gasteiger partial charge on any atom is 0.416 e. The molecule has 0 radical (unpaired) electrons. The van der Waals surface area contributed by atoms with Gasteiger partial charge in [0.25, 0.3) is 5.91 Å². The molecule has 0 saturated carbocycles. The minimum absolute atomic E-state index is 0.127. The van der Waals surface area contributed by atoms with Gasteiger partial charge in [0.15, 0.2) is 6.61 Å². The van der Waals surface area contributed by atoms with E-state index in [1.54, 1.807) is 4.90 Å². The summed E-state index contributed by atoms with van der Waals surface area (Å²) in [7, 11) is 0. The van der Waals surface area contributed by atoms with Crippen molar-refractivity contribution in [3.8, 4) is 5.75 Å². The summed E-state index contributed by atoms with van der Waals surface area (Å²) >= 11 is 0. The summed E-state index contributed by atoms with van der Waals surface area (Å²) in [5.41, 5.74) is -0.732. The normalized spacial score (nSPS) is 22.5. The van der Waals surface area contributed by atoms with Gasteiger partial charge in [-0.2, -0.15) is 13.2 Å². The highest BCUT2D eigenvalue weighted by atomic mass is 19.4. The SMILES string of the molecule is CC1CC(C)CN(C(=O)COc2ccc(C(F)(F)F)cc2)C1. The summed E-state index contributed by atoms with van der Waals surface area (Å²) in [6.45, 7) is 5.48. The third kappa shape index (κ3) is 4.39. The molecule has 1 aliphatic heterocycles. The Hall–Kier alpha value is -1.72. The first kappa shape index (κ1) is 16.6. The summed E-state index contributed by atoms with van der Waals surface area (Å²) < 4.78 is 42.6. The Bertz CT molecular complexity index is 503. The van der Waals surface area contributed by atoms with E-state index in [1.807, 2.05) is 0 Å². The van der Waals surface area contributed by atoms with Gasteiger partial charge in [0.05, 0.1) is 5.56 Å². The van der Waals surface area contributed by atoms with Crippen LogP contribution in [0, 0.1) is 11.8 Å². The molecule has 0 aromatic heterocycles. The molecule has 1 saturated heterocycles. The maximum absolute atomic E-state index is 12.4. The minimum atomic E-state index is -4.37. The fourth-order valence-electron chi connectivity index (χ4n) is 2.84. The van der Waals surface area contributed by atoms with E-state index in [-0.39, 0.29) is 18.3 Å². The highest BCUT2D eigenvalue weighted by Gasteiger charge is 2.30. The van der Waals surface area contributed by atoms with Gasteiger partial charge in [-0.25, -0.2) is 0 Å². The van der Waals surface area contributed by atoms with E-state index >= 15 is 0 Å². The number of ether oxygens (including phenoxy) is 1. The molecule has 0 bridgehead atoms. The number of rotatable bonds is 3. The van der Waals surface area contributed by atoms with Crippen molar-refractivity contribution in [2.75, 3.05) is 19.7 Å². The number of benzene rings is 1. The highest BCUT2D eigenvalue weighted by Crippen LogP contribution is 2.30. The smallest absolute Gasteiger partial charge is 0.416 e. The van der Waals surface area contributed by atoms with Crippen LogP contribution in [0.4, 0.5) is 13.2 Å². The van der Waals surface area contributed by atoms with Gasteiger partial charge >= 0.3 is 6.18 Å². The first-order chi connectivity index (χ1) is 10.3. The lowest BCUT2D eigenvalue weighted by Gasteiger charge is -2.34. The monoisotopic (exact) mass is 315 g/mol. The predicted octanol–water partition coefficient (Wildman–Crippen LogP) is 3.59. The second-order valence-electron chi connectivity index (χ2n) is 6.06. The molecule has 3 nitrogen and oxygen atoms in total.